The van der Waals surface area contributed by atoms with Gasteiger partial charge < -0.3 is 5.32 Å². The van der Waals surface area contributed by atoms with Gasteiger partial charge in [-0.2, -0.15) is 0 Å². The minimum atomic E-state index is 0.647. The molecule has 1 aliphatic rings. The lowest BCUT2D eigenvalue weighted by molar-refractivity contribution is 0.677. The van der Waals surface area contributed by atoms with Crippen LogP contribution in [0.25, 0.3) is 0 Å². The van der Waals surface area contributed by atoms with E-state index >= 15 is 0 Å². The van der Waals surface area contributed by atoms with Crippen LogP contribution in [0.2, 0.25) is 0 Å². The van der Waals surface area contributed by atoms with Crippen LogP contribution in [0, 0.1) is 6.20 Å². The van der Waals surface area contributed by atoms with Crippen molar-refractivity contribution in [3.8, 4) is 0 Å². The van der Waals surface area contributed by atoms with E-state index < -0.39 is 0 Å². The summed E-state index contributed by atoms with van der Waals surface area (Å²) in [5, 5.41) is 3.25. The first-order valence-corrected chi connectivity index (χ1v) is 3.99. The van der Waals surface area contributed by atoms with Gasteiger partial charge in [0.25, 0.3) is 0 Å². The van der Waals surface area contributed by atoms with E-state index in [0.717, 1.165) is 12.4 Å². The summed E-state index contributed by atoms with van der Waals surface area (Å²) in [6.07, 6.45) is 4.04. The standard InChI is InChI=1S/C9H11N2/c1-7-4-6-11-9-8(7)3-2-5-10-9/h2-3,7H,4,6H2,1H3,(H,10,11). The molecule has 1 aliphatic heterocycles. The zero-order valence-electron chi connectivity index (χ0n) is 6.59. The fourth-order valence-electron chi connectivity index (χ4n) is 1.47. The Morgan fingerprint density at radius 1 is 1.73 bits per heavy atom. The number of rotatable bonds is 0. The molecule has 2 heterocycles. The number of nitrogens with one attached hydrogen (secondary N) is 1. The van der Waals surface area contributed by atoms with E-state index in [1.165, 1.54) is 12.0 Å². The molecule has 0 bridgehead atoms. The fourth-order valence-corrected chi connectivity index (χ4v) is 1.47. The SMILES string of the molecule is CC1CCNc2n[c]ccc21. The predicted octanol–water partition coefficient (Wildman–Crippen LogP) is 1.80. The molecule has 0 saturated heterocycles. The van der Waals surface area contributed by atoms with Gasteiger partial charge in [-0.25, -0.2) is 4.98 Å². The molecule has 0 amide bonds. The van der Waals surface area contributed by atoms with E-state index in [4.69, 9.17) is 0 Å². The smallest absolute Gasteiger partial charge is 0.130 e. The summed E-state index contributed by atoms with van der Waals surface area (Å²) < 4.78 is 0. The highest BCUT2D eigenvalue weighted by molar-refractivity contribution is 5.47. The topological polar surface area (TPSA) is 24.9 Å². The molecule has 1 radical (unpaired) electrons. The van der Waals surface area contributed by atoms with Gasteiger partial charge in [0.2, 0.25) is 0 Å². The zero-order chi connectivity index (χ0) is 7.68. The van der Waals surface area contributed by atoms with Gasteiger partial charge in [0, 0.05) is 6.54 Å². The van der Waals surface area contributed by atoms with Crippen LogP contribution in [0.3, 0.4) is 0 Å². The summed E-state index contributed by atoms with van der Waals surface area (Å²) in [6.45, 7) is 3.28. The lowest BCUT2D eigenvalue weighted by Gasteiger charge is -2.21. The third-order valence-electron chi connectivity index (χ3n) is 2.19. The second-order valence-electron chi connectivity index (χ2n) is 2.99. The Bertz CT molecular complexity index is 257. The molecular formula is C9H11N2. The second-order valence-corrected chi connectivity index (χ2v) is 2.99. The molecule has 57 valence electrons. The zero-order valence-corrected chi connectivity index (χ0v) is 6.59. The first-order valence-electron chi connectivity index (χ1n) is 3.99. The highest BCUT2D eigenvalue weighted by atomic mass is 15.0. The molecule has 1 aromatic rings. The molecule has 0 fully saturated rings. The van der Waals surface area contributed by atoms with E-state index in [-0.39, 0.29) is 0 Å². The Morgan fingerprint density at radius 3 is 3.45 bits per heavy atom. The lowest BCUT2D eigenvalue weighted by Crippen LogP contribution is -2.15. The molecule has 11 heavy (non-hydrogen) atoms. The van der Waals surface area contributed by atoms with Crippen LogP contribution in [0.4, 0.5) is 5.82 Å². The van der Waals surface area contributed by atoms with Crippen molar-refractivity contribution in [2.24, 2.45) is 0 Å². The van der Waals surface area contributed by atoms with Gasteiger partial charge >= 0.3 is 0 Å². The van der Waals surface area contributed by atoms with Crippen molar-refractivity contribution in [2.75, 3.05) is 11.9 Å². The first-order chi connectivity index (χ1) is 5.38. The van der Waals surface area contributed by atoms with Crippen LogP contribution in [-0.2, 0) is 0 Å². The van der Waals surface area contributed by atoms with Crippen molar-refractivity contribution in [3.63, 3.8) is 0 Å². The summed E-state index contributed by atoms with van der Waals surface area (Å²) in [7, 11) is 0. The predicted molar refractivity (Wildman–Crippen MR) is 44.6 cm³/mol. The summed E-state index contributed by atoms with van der Waals surface area (Å²) in [5.41, 5.74) is 1.33. The Kier molecular flexibility index (Phi) is 1.53. The number of anilines is 1. The van der Waals surface area contributed by atoms with Crippen LogP contribution in [-0.4, -0.2) is 11.5 Å². The minimum absolute atomic E-state index is 0.647. The number of hydrogen-bond donors (Lipinski definition) is 1. The van der Waals surface area contributed by atoms with Crippen molar-refractivity contribution in [3.05, 3.63) is 23.9 Å². The van der Waals surface area contributed by atoms with Gasteiger partial charge in [-0.15, -0.1) is 0 Å². The molecule has 0 saturated carbocycles. The van der Waals surface area contributed by atoms with Crippen molar-refractivity contribution in [2.45, 2.75) is 19.3 Å². The number of pyridine rings is 1. The van der Waals surface area contributed by atoms with E-state index in [1.807, 2.05) is 6.07 Å². The van der Waals surface area contributed by atoms with Crippen LogP contribution >= 0.6 is 0 Å². The molecule has 2 nitrogen and oxygen atoms in total. The van der Waals surface area contributed by atoms with Crippen molar-refractivity contribution in [1.82, 2.24) is 4.98 Å². The summed E-state index contributed by atoms with van der Waals surface area (Å²) in [5.74, 6) is 1.67. The van der Waals surface area contributed by atoms with Gasteiger partial charge in [0.05, 0.1) is 6.20 Å². The van der Waals surface area contributed by atoms with Crippen molar-refractivity contribution < 1.29 is 0 Å². The molecule has 2 rings (SSSR count). The van der Waals surface area contributed by atoms with Crippen molar-refractivity contribution >= 4 is 5.82 Å². The molecular weight excluding hydrogens is 136 g/mol. The molecule has 0 aliphatic carbocycles. The Hall–Kier alpha value is -1.05. The third-order valence-corrected chi connectivity index (χ3v) is 2.19. The maximum atomic E-state index is 4.13. The minimum Gasteiger partial charge on any atom is -0.370 e. The van der Waals surface area contributed by atoms with E-state index in [0.29, 0.717) is 5.92 Å². The molecule has 2 heteroatoms. The fraction of sp³-hybridized carbons (Fsp3) is 0.444. The maximum absolute atomic E-state index is 4.13. The molecule has 1 N–H and O–H groups in total. The summed E-state index contributed by atoms with van der Waals surface area (Å²) >= 11 is 0. The van der Waals surface area contributed by atoms with Gasteiger partial charge in [-0.3, -0.25) is 0 Å². The normalized spacial score (nSPS) is 22.1. The summed E-state index contributed by atoms with van der Waals surface area (Å²) in [6, 6.07) is 3.97. The number of hydrogen-bond acceptors (Lipinski definition) is 2. The maximum Gasteiger partial charge on any atom is 0.130 e. The lowest BCUT2D eigenvalue weighted by atomic mass is 9.96. The monoisotopic (exact) mass is 147 g/mol. The molecule has 0 spiro atoms. The number of fused-ring (bicyclic) bond motifs is 1. The van der Waals surface area contributed by atoms with Crippen molar-refractivity contribution in [1.29, 1.82) is 0 Å². The van der Waals surface area contributed by atoms with Crippen LogP contribution in [0.15, 0.2) is 12.1 Å². The van der Waals surface area contributed by atoms with Gasteiger partial charge in [0.1, 0.15) is 5.82 Å². The quantitative estimate of drug-likeness (QED) is 0.605. The highest BCUT2D eigenvalue weighted by Gasteiger charge is 2.15. The van der Waals surface area contributed by atoms with Crippen LogP contribution < -0.4 is 5.32 Å². The third kappa shape index (κ3) is 1.09. The first kappa shape index (κ1) is 6.65. The van der Waals surface area contributed by atoms with Gasteiger partial charge in [-0.05, 0) is 24.0 Å². The average molecular weight is 147 g/mol. The Balaban J connectivity index is 2.44. The molecule has 1 aromatic heterocycles. The number of aromatic nitrogens is 1. The highest BCUT2D eigenvalue weighted by Crippen LogP contribution is 2.28. The largest absolute Gasteiger partial charge is 0.370 e. The van der Waals surface area contributed by atoms with Gasteiger partial charge in [-0.1, -0.05) is 13.0 Å². The Morgan fingerprint density at radius 2 is 2.64 bits per heavy atom. The molecule has 0 aromatic carbocycles. The average Bonchev–Trinajstić information content (AvgIpc) is 2.06. The Labute approximate surface area is 66.7 Å². The number of nitrogens with zero attached hydrogens (tertiary/aromatic N) is 1. The summed E-state index contributed by atoms with van der Waals surface area (Å²) in [4.78, 5) is 4.13. The van der Waals surface area contributed by atoms with Gasteiger partial charge in [0.15, 0.2) is 0 Å². The van der Waals surface area contributed by atoms with Crippen LogP contribution in [0.5, 0.6) is 0 Å². The van der Waals surface area contributed by atoms with E-state index in [9.17, 15) is 0 Å². The van der Waals surface area contributed by atoms with Crippen LogP contribution in [0.1, 0.15) is 24.8 Å². The molecule has 1 atom stereocenters. The molecule has 1 unspecified atom stereocenters. The van der Waals surface area contributed by atoms with E-state index in [2.05, 4.69) is 29.5 Å². The second kappa shape index (κ2) is 2.53. The van der Waals surface area contributed by atoms with E-state index in [1.54, 1.807) is 0 Å².